The fourth-order valence-corrected chi connectivity index (χ4v) is 3.99. The van der Waals surface area contributed by atoms with Crippen LogP contribution < -0.4 is 5.32 Å². The van der Waals surface area contributed by atoms with Gasteiger partial charge in [-0.15, -0.1) is 0 Å². The van der Waals surface area contributed by atoms with Gasteiger partial charge in [-0.2, -0.15) is 0 Å². The monoisotopic (exact) mass is 438 g/mol. The minimum atomic E-state index is -0.315. The number of hydrogen-bond acceptors (Lipinski definition) is 5. The van der Waals surface area contributed by atoms with Crippen LogP contribution in [0.1, 0.15) is 34.5 Å². The molecule has 1 N–H and O–H groups in total. The fourth-order valence-electron chi connectivity index (χ4n) is 3.76. The van der Waals surface area contributed by atoms with E-state index in [4.69, 9.17) is 16.1 Å². The molecule has 160 valence electrons. The number of hydrogen-bond donors (Lipinski definition) is 1. The second-order valence-corrected chi connectivity index (χ2v) is 8.15. The number of rotatable bonds is 4. The molecule has 0 bridgehead atoms. The summed E-state index contributed by atoms with van der Waals surface area (Å²) in [6.45, 7) is 4.53. The van der Waals surface area contributed by atoms with Crippen LogP contribution in [-0.4, -0.2) is 39.9 Å². The van der Waals surface area contributed by atoms with E-state index in [1.165, 1.54) is 0 Å². The average molecular weight is 439 g/mol. The fraction of sp³-hybridized carbons (Fsp3) is 0.304. The third-order valence-corrected chi connectivity index (χ3v) is 5.78. The van der Waals surface area contributed by atoms with Crippen LogP contribution in [0.15, 0.2) is 47.1 Å². The van der Waals surface area contributed by atoms with E-state index < -0.39 is 0 Å². The smallest absolute Gasteiger partial charge is 0.259 e. The number of benzene rings is 1. The summed E-state index contributed by atoms with van der Waals surface area (Å²) >= 11 is 6.32. The number of piperidine rings is 1. The number of halogens is 1. The number of aromatic nitrogens is 2. The third-order valence-electron chi connectivity index (χ3n) is 5.45. The lowest BCUT2D eigenvalue weighted by Crippen LogP contribution is -2.44. The molecule has 1 aromatic carbocycles. The second-order valence-electron chi connectivity index (χ2n) is 7.74. The zero-order valence-electron chi connectivity index (χ0n) is 17.4. The number of anilines is 1. The molecule has 7 nitrogen and oxygen atoms in total. The maximum absolute atomic E-state index is 13.4. The van der Waals surface area contributed by atoms with Gasteiger partial charge in [-0.3, -0.25) is 9.59 Å². The Labute approximate surface area is 185 Å². The molecule has 8 heteroatoms. The van der Waals surface area contributed by atoms with Gasteiger partial charge >= 0.3 is 0 Å². The summed E-state index contributed by atoms with van der Waals surface area (Å²) in [5.41, 5.74) is 2.46. The first-order valence-electron chi connectivity index (χ1n) is 10.2. The number of aryl methyl sites for hydroxylation is 2. The molecule has 31 heavy (non-hydrogen) atoms. The van der Waals surface area contributed by atoms with Gasteiger partial charge in [0.2, 0.25) is 5.91 Å². The topological polar surface area (TPSA) is 88.3 Å². The third kappa shape index (κ3) is 4.46. The van der Waals surface area contributed by atoms with Crippen molar-refractivity contribution in [3.05, 3.63) is 64.5 Å². The zero-order valence-corrected chi connectivity index (χ0v) is 18.1. The lowest BCUT2D eigenvalue weighted by atomic mass is 9.95. The predicted octanol–water partition coefficient (Wildman–Crippen LogP) is 4.50. The molecule has 0 spiro atoms. The summed E-state index contributed by atoms with van der Waals surface area (Å²) in [5, 5.41) is 7.43. The van der Waals surface area contributed by atoms with E-state index in [1.807, 2.05) is 25.1 Å². The van der Waals surface area contributed by atoms with Crippen molar-refractivity contribution in [2.45, 2.75) is 26.7 Å². The van der Waals surface area contributed by atoms with Crippen LogP contribution in [0.3, 0.4) is 0 Å². The van der Waals surface area contributed by atoms with Gasteiger partial charge in [0.15, 0.2) is 0 Å². The standard InChI is InChI=1S/C23H23ClN4O3/c1-14-9-10-19(25-12-14)26-22(29)16-6-5-11-28(13-16)23(30)20-15(2)31-27-21(20)17-7-3-4-8-18(17)24/h3-4,7-10,12,16H,5-6,11,13H2,1-2H3,(H,25,26,29). The lowest BCUT2D eigenvalue weighted by Gasteiger charge is -2.32. The summed E-state index contributed by atoms with van der Waals surface area (Å²) in [6, 6.07) is 10.9. The summed E-state index contributed by atoms with van der Waals surface area (Å²) in [4.78, 5) is 32.1. The molecule has 3 aromatic rings. The van der Waals surface area contributed by atoms with Gasteiger partial charge in [0.25, 0.3) is 5.91 Å². The Morgan fingerprint density at radius 2 is 2.00 bits per heavy atom. The number of carbonyl (C=O) groups is 2. The molecule has 1 saturated heterocycles. The highest BCUT2D eigenvalue weighted by atomic mass is 35.5. The van der Waals surface area contributed by atoms with Gasteiger partial charge in [-0.25, -0.2) is 4.98 Å². The number of nitrogens with zero attached hydrogens (tertiary/aromatic N) is 3. The van der Waals surface area contributed by atoms with E-state index in [0.717, 1.165) is 12.0 Å². The molecule has 0 aliphatic carbocycles. The molecule has 1 unspecified atom stereocenters. The SMILES string of the molecule is Cc1ccc(NC(=O)C2CCCN(C(=O)c3c(-c4ccccc4Cl)noc3C)C2)nc1. The van der Waals surface area contributed by atoms with Crippen molar-refractivity contribution in [2.75, 3.05) is 18.4 Å². The van der Waals surface area contributed by atoms with Crippen molar-refractivity contribution < 1.29 is 14.1 Å². The maximum Gasteiger partial charge on any atom is 0.259 e. The zero-order chi connectivity index (χ0) is 22.0. The van der Waals surface area contributed by atoms with Gasteiger partial charge in [0.05, 0.1) is 10.9 Å². The van der Waals surface area contributed by atoms with Crippen molar-refractivity contribution in [3.8, 4) is 11.3 Å². The number of likely N-dealkylation sites (tertiary alicyclic amines) is 1. The maximum atomic E-state index is 13.4. The molecule has 0 saturated carbocycles. The molecule has 1 aliphatic rings. The Bertz CT molecular complexity index is 1110. The van der Waals surface area contributed by atoms with E-state index in [9.17, 15) is 9.59 Å². The van der Waals surface area contributed by atoms with Crippen LogP contribution in [0.25, 0.3) is 11.3 Å². The molecule has 1 aliphatic heterocycles. The average Bonchev–Trinajstić information content (AvgIpc) is 3.16. The Hall–Kier alpha value is -3.19. The van der Waals surface area contributed by atoms with E-state index in [2.05, 4.69) is 15.5 Å². The first kappa shape index (κ1) is 21.1. The Balaban J connectivity index is 1.52. The molecule has 4 rings (SSSR count). The molecule has 2 aromatic heterocycles. The van der Waals surface area contributed by atoms with Gasteiger partial charge in [-0.05, 0) is 44.4 Å². The first-order valence-corrected chi connectivity index (χ1v) is 10.6. The number of amides is 2. The van der Waals surface area contributed by atoms with Crippen molar-refractivity contribution in [2.24, 2.45) is 5.92 Å². The van der Waals surface area contributed by atoms with Crippen molar-refractivity contribution in [1.29, 1.82) is 0 Å². The van der Waals surface area contributed by atoms with Crippen LogP contribution >= 0.6 is 11.6 Å². The van der Waals surface area contributed by atoms with Crippen LogP contribution in [0.2, 0.25) is 5.02 Å². The summed E-state index contributed by atoms with van der Waals surface area (Å²) in [5.74, 6) is 0.275. The van der Waals surface area contributed by atoms with E-state index >= 15 is 0 Å². The first-order chi connectivity index (χ1) is 14.9. The Morgan fingerprint density at radius 3 is 2.74 bits per heavy atom. The lowest BCUT2D eigenvalue weighted by molar-refractivity contribution is -0.121. The number of pyridine rings is 1. The summed E-state index contributed by atoms with van der Waals surface area (Å²) in [7, 11) is 0. The van der Waals surface area contributed by atoms with E-state index in [0.29, 0.717) is 52.9 Å². The largest absolute Gasteiger partial charge is 0.360 e. The Morgan fingerprint density at radius 1 is 1.19 bits per heavy atom. The minimum Gasteiger partial charge on any atom is -0.360 e. The molecular weight excluding hydrogens is 416 g/mol. The van der Waals surface area contributed by atoms with Crippen LogP contribution in [0.5, 0.6) is 0 Å². The summed E-state index contributed by atoms with van der Waals surface area (Å²) < 4.78 is 5.34. The predicted molar refractivity (Wildman–Crippen MR) is 118 cm³/mol. The van der Waals surface area contributed by atoms with Gasteiger partial charge < -0.3 is 14.7 Å². The minimum absolute atomic E-state index is 0.137. The van der Waals surface area contributed by atoms with Crippen LogP contribution in [-0.2, 0) is 4.79 Å². The van der Waals surface area contributed by atoms with Crippen LogP contribution in [0, 0.1) is 19.8 Å². The van der Waals surface area contributed by atoms with Gasteiger partial charge in [0, 0.05) is 24.8 Å². The highest BCUT2D eigenvalue weighted by Gasteiger charge is 2.32. The summed E-state index contributed by atoms with van der Waals surface area (Å²) in [6.07, 6.45) is 3.15. The highest BCUT2D eigenvalue weighted by molar-refractivity contribution is 6.33. The quantitative estimate of drug-likeness (QED) is 0.648. The molecule has 1 fully saturated rings. The van der Waals surface area contributed by atoms with E-state index in [1.54, 1.807) is 36.2 Å². The molecule has 1 atom stereocenters. The van der Waals surface area contributed by atoms with Crippen molar-refractivity contribution >= 4 is 29.2 Å². The second kappa shape index (κ2) is 8.89. The van der Waals surface area contributed by atoms with E-state index in [-0.39, 0.29) is 17.7 Å². The number of carbonyl (C=O) groups excluding carboxylic acids is 2. The molecule has 0 radical (unpaired) electrons. The molecular formula is C23H23ClN4O3. The number of nitrogens with one attached hydrogen (secondary N) is 1. The van der Waals surface area contributed by atoms with Crippen molar-refractivity contribution in [1.82, 2.24) is 15.0 Å². The normalized spacial score (nSPS) is 16.2. The Kier molecular flexibility index (Phi) is 6.04. The van der Waals surface area contributed by atoms with Gasteiger partial charge in [-0.1, -0.05) is 41.0 Å². The van der Waals surface area contributed by atoms with Gasteiger partial charge in [0.1, 0.15) is 22.8 Å². The van der Waals surface area contributed by atoms with Crippen LogP contribution in [0.4, 0.5) is 5.82 Å². The molecule has 2 amide bonds. The highest BCUT2D eigenvalue weighted by Crippen LogP contribution is 2.32. The van der Waals surface area contributed by atoms with Crippen molar-refractivity contribution in [3.63, 3.8) is 0 Å². The molecule has 3 heterocycles.